The molecule has 1 amide bonds. The second-order valence-electron chi connectivity index (χ2n) is 5.69. The molecule has 2 aliphatic rings. The van der Waals surface area contributed by atoms with Gasteiger partial charge in [-0.2, -0.15) is 0 Å². The van der Waals surface area contributed by atoms with E-state index in [0.717, 1.165) is 24.6 Å². The highest BCUT2D eigenvalue weighted by Crippen LogP contribution is 2.36. The summed E-state index contributed by atoms with van der Waals surface area (Å²) < 4.78 is 5.72. The van der Waals surface area contributed by atoms with Crippen molar-refractivity contribution in [3.63, 3.8) is 0 Å². The van der Waals surface area contributed by atoms with Gasteiger partial charge in [-0.3, -0.25) is 4.79 Å². The van der Waals surface area contributed by atoms with Crippen LogP contribution in [0.4, 0.5) is 0 Å². The van der Waals surface area contributed by atoms with Crippen LogP contribution in [-0.4, -0.2) is 41.4 Å². The number of rotatable bonds is 2. The predicted octanol–water partition coefficient (Wildman–Crippen LogP) is 3.18. The number of thiophene rings is 1. The minimum Gasteiger partial charge on any atom is -0.373 e. The predicted molar refractivity (Wildman–Crippen MR) is 84.7 cm³/mol. The van der Waals surface area contributed by atoms with Crippen molar-refractivity contribution in [3.8, 4) is 0 Å². The number of morpholine rings is 1. The van der Waals surface area contributed by atoms with Gasteiger partial charge in [-0.15, -0.1) is 11.3 Å². The maximum absolute atomic E-state index is 12.9. The van der Waals surface area contributed by atoms with Crippen LogP contribution >= 0.6 is 27.3 Å². The molecule has 0 spiro atoms. The lowest BCUT2D eigenvalue weighted by Gasteiger charge is -2.40. The zero-order valence-corrected chi connectivity index (χ0v) is 14.1. The van der Waals surface area contributed by atoms with E-state index < -0.39 is 0 Å². The fourth-order valence-corrected chi connectivity index (χ4v) is 4.54. The van der Waals surface area contributed by atoms with Crippen LogP contribution in [0.15, 0.2) is 11.4 Å². The van der Waals surface area contributed by atoms with Crippen LogP contribution in [0.25, 0.3) is 0 Å². The molecule has 0 N–H and O–H groups in total. The van der Waals surface area contributed by atoms with Gasteiger partial charge in [0.1, 0.15) is 0 Å². The van der Waals surface area contributed by atoms with Crippen LogP contribution in [0.1, 0.15) is 36.1 Å². The van der Waals surface area contributed by atoms with Gasteiger partial charge >= 0.3 is 0 Å². The third kappa shape index (κ3) is 2.68. The lowest BCUT2D eigenvalue weighted by atomic mass is 9.86. The van der Waals surface area contributed by atoms with E-state index in [2.05, 4.69) is 34.3 Å². The molecule has 1 saturated heterocycles. The van der Waals surface area contributed by atoms with Crippen molar-refractivity contribution in [3.05, 3.63) is 21.9 Å². The molecule has 1 aliphatic carbocycles. The molecule has 1 fully saturated rings. The van der Waals surface area contributed by atoms with Crippen LogP contribution < -0.4 is 0 Å². The zero-order chi connectivity index (χ0) is 14.1. The number of aryl methyl sites for hydroxylation is 1. The molecule has 1 aromatic heterocycles. The van der Waals surface area contributed by atoms with Crippen molar-refractivity contribution in [2.45, 2.75) is 44.2 Å². The van der Waals surface area contributed by atoms with E-state index in [1.165, 1.54) is 10.4 Å². The quantitative estimate of drug-likeness (QED) is 0.760. The molecule has 3 rings (SSSR count). The van der Waals surface area contributed by atoms with Gasteiger partial charge in [-0.1, -0.05) is 15.9 Å². The number of ether oxygens (including phenoxy) is 1. The second-order valence-corrected chi connectivity index (χ2v) is 7.34. The van der Waals surface area contributed by atoms with Crippen LogP contribution in [0, 0.1) is 0 Å². The molecule has 0 bridgehead atoms. The first-order valence-corrected chi connectivity index (χ1v) is 9.25. The number of halogens is 1. The van der Waals surface area contributed by atoms with Crippen molar-refractivity contribution in [2.24, 2.45) is 0 Å². The number of hydrogen-bond acceptors (Lipinski definition) is 3. The van der Waals surface area contributed by atoms with Gasteiger partial charge in [-0.25, -0.2) is 0 Å². The summed E-state index contributed by atoms with van der Waals surface area (Å²) in [4.78, 5) is 16.4. The maximum Gasteiger partial charge on any atom is 0.230 e. The minimum atomic E-state index is 0.0709. The maximum atomic E-state index is 12.9. The molecule has 110 valence electrons. The molecule has 0 aromatic carbocycles. The Morgan fingerprint density at radius 1 is 1.60 bits per heavy atom. The van der Waals surface area contributed by atoms with E-state index >= 15 is 0 Å². The molecule has 1 aromatic rings. The number of amides is 1. The summed E-state index contributed by atoms with van der Waals surface area (Å²) >= 11 is 5.26. The largest absolute Gasteiger partial charge is 0.373 e. The molecule has 3 unspecified atom stereocenters. The second kappa shape index (κ2) is 6.16. The summed E-state index contributed by atoms with van der Waals surface area (Å²) in [7, 11) is 0. The smallest absolute Gasteiger partial charge is 0.230 e. The minimum absolute atomic E-state index is 0.0709. The van der Waals surface area contributed by atoms with Crippen molar-refractivity contribution in [1.29, 1.82) is 0 Å². The number of hydrogen-bond donors (Lipinski definition) is 0. The number of alkyl halides is 1. The molecule has 1 aliphatic heterocycles. The molecule has 3 nitrogen and oxygen atoms in total. The number of fused-ring (bicyclic) bond motifs is 1. The third-order valence-electron chi connectivity index (χ3n) is 4.31. The highest BCUT2D eigenvalue weighted by Gasteiger charge is 2.35. The zero-order valence-electron chi connectivity index (χ0n) is 11.7. The van der Waals surface area contributed by atoms with Crippen LogP contribution in [0.5, 0.6) is 0 Å². The van der Waals surface area contributed by atoms with Crippen LogP contribution in [0.3, 0.4) is 0 Å². The highest BCUT2D eigenvalue weighted by molar-refractivity contribution is 9.09. The summed E-state index contributed by atoms with van der Waals surface area (Å²) in [6.07, 6.45) is 3.39. The first kappa shape index (κ1) is 14.5. The average Bonchev–Trinajstić information content (AvgIpc) is 2.95. The van der Waals surface area contributed by atoms with Gasteiger partial charge in [-0.05, 0) is 43.2 Å². The Morgan fingerprint density at radius 2 is 2.45 bits per heavy atom. The molecular formula is C15H20BrNO2S. The van der Waals surface area contributed by atoms with E-state index in [-0.39, 0.29) is 18.1 Å². The highest BCUT2D eigenvalue weighted by atomic mass is 79.9. The SMILES string of the molecule is CC1COC(CBr)CN1C(=O)C1CCCc2sccc21. The monoisotopic (exact) mass is 357 g/mol. The fourth-order valence-electron chi connectivity index (χ4n) is 3.16. The topological polar surface area (TPSA) is 29.5 Å². The Bertz CT molecular complexity index is 490. The average molecular weight is 358 g/mol. The van der Waals surface area contributed by atoms with Gasteiger partial charge in [0.25, 0.3) is 0 Å². The standard InChI is InChI=1S/C15H20BrNO2S/c1-10-9-19-11(7-16)8-17(10)15(18)13-3-2-4-14-12(13)5-6-20-14/h5-6,10-11,13H,2-4,7-9H2,1H3. The van der Waals surface area contributed by atoms with E-state index in [4.69, 9.17) is 4.74 Å². The lowest BCUT2D eigenvalue weighted by Crippen LogP contribution is -2.53. The van der Waals surface area contributed by atoms with Gasteiger partial charge in [0.2, 0.25) is 5.91 Å². The summed E-state index contributed by atoms with van der Waals surface area (Å²) in [5.74, 6) is 0.368. The lowest BCUT2D eigenvalue weighted by molar-refractivity contribution is -0.144. The third-order valence-corrected chi connectivity index (χ3v) is 6.03. The Kier molecular flexibility index (Phi) is 4.48. The summed E-state index contributed by atoms with van der Waals surface area (Å²) in [6, 6.07) is 2.33. The molecule has 2 heterocycles. The van der Waals surface area contributed by atoms with Crippen molar-refractivity contribution >= 4 is 33.2 Å². The van der Waals surface area contributed by atoms with Gasteiger partial charge < -0.3 is 9.64 Å². The molecule has 0 saturated carbocycles. The molecule has 20 heavy (non-hydrogen) atoms. The van der Waals surface area contributed by atoms with Crippen molar-refractivity contribution < 1.29 is 9.53 Å². The first-order chi connectivity index (χ1) is 9.70. The van der Waals surface area contributed by atoms with Crippen LogP contribution in [0.2, 0.25) is 0 Å². The summed E-state index contributed by atoms with van der Waals surface area (Å²) in [5.41, 5.74) is 1.28. The van der Waals surface area contributed by atoms with E-state index in [9.17, 15) is 4.79 Å². The molecule has 3 atom stereocenters. The van der Waals surface area contributed by atoms with Gasteiger partial charge in [0.15, 0.2) is 0 Å². The van der Waals surface area contributed by atoms with Crippen molar-refractivity contribution in [1.82, 2.24) is 4.90 Å². The van der Waals surface area contributed by atoms with E-state index in [0.29, 0.717) is 19.1 Å². The van der Waals surface area contributed by atoms with Crippen LogP contribution in [-0.2, 0) is 16.0 Å². The Labute approximate surface area is 132 Å². The van der Waals surface area contributed by atoms with E-state index in [1.807, 2.05) is 4.90 Å². The number of carbonyl (C=O) groups excluding carboxylic acids is 1. The Morgan fingerprint density at radius 3 is 3.25 bits per heavy atom. The Balaban J connectivity index is 1.79. The molecular weight excluding hydrogens is 338 g/mol. The summed E-state index contributed by atoms with van der Waals surface area (Å²) in [6.45, 7) is 3.44. The molecule has 5 heteroatoms. The normalized spacial score (nSPS) is 30.1. The van der Waals surface area contributed by atoms with E-state index in [1.54, 1.807) is 11.3 Å². The number of nitrogens with zero attached hydrogens (tertiary/aromatic N) is 1. The van der Waals surface area contributed by atoms with Gasteiger partial charge in [0, 0.05) is 16.8 Å². The number of carbonyl (C=O) groups is 1. The summed E-state index contributed by atoms with van der Waals surface area (Å²) in [5, 5.41) is 2.91. The first-order valence-electron chi connectivity index (χ1n) is 7.25. The van der Waals surface area contributed by atoms with Crippen molar-refractivity contribution in [2.75, 3.05) is 18.5 Å². The molecule has 0 radical (unpaired) electrons. The fraction of sp³-hybridized carbons (Fsp3) is 0.667. The van der Waals surface area contributed by atoms with Gasteiger partial charge in [0.05, 0.1) is 24.7 Å². The Hall–Kier alpha value is -0.390.